The lowest BCUT2D eigenvalue weighted by Crippen LogP contribution is -2.37. The molecule has 5 nitrogen and oxygen atoms in total. The van der Waals surface area contributed by atoms with Crippen molar-refractivity contribution in [2.24, 2.45) is 0 Å². The van der Waals surface area contributed by atoms with Gasteiger partial charge >= 0.3 is 0 Å². The number of carbonyl (C=O) groups is 2. The molecule has 1 unspecified atom stereocenters. The minimum atomic E-state index is -0.605. The number of ether oxygens (including phenoxy) is 1. The molecule has 0 bridgehead atoms. The molecule has 1 heterocycles. The fourth-order valence-electron chi connectivity index (χ4n) is 5.08. The molecule has 0 aromatic heterocycles. The van der Waals surface area contributed by atoms with Crippen molar-refractivity contribution in [3.05, 3.63) is 69.8 Å². The summed E-state index contributed by atoms with van der Waals surface area (Å²) in [5.74, 6) is -0.508. The van der Waals surface area contributed by atoms with Gasteiger partial charge < -0.3 is 14.7 Å². The predicted molar refractivity (Wildman–Crippen MR) is 125 cm³/mol. The van der Waals surface area contributed by atoms with Crippen molar-refractivity contribution in [2.45, 2.75) is 65.0 Å². The van der Waals surface area contributed by atoms with Gasteiger partial charge in [-0.25, -0.2) is 0 Å². The van der Waals surface area contributed by atoms with E-state index in [1.54, 1.807) is 12.0 Å². The Morgan fingerprint density at radius 3 is 2.31 bits per heavy atom. The normalized spacial score (nSPS) is 20.9. The number of amides is 1. The molecule has 1 N–H and O–H groups in total. The van der Waals surface area contributed by atoms with E-state index in [-0.39, 0.29) is 17.4 Å². The number of likely N-dealkylation sites (tertiary alicyclic amines) is 1. The SMILES string of the molecule is CCc1ccc(C2/C(=C(\O)c3cc(C)c(OC)cc3C)C(=O)C(=O)N2C2CCCC2)cc1. The molecule has 168 valence electrons. The van der Waals surface area contributed by atoms with E-state index in [2.05, 4.69) is 6.92 Å². The third kappa shape index (κ3) is 3.70. The first-order chi connectivity index (χ1) is 15.4. The number of rotatable bonds is 5. The highest BCUT2D eigenvalue weighted by molar-refractivity contribution is 6.46. The van der Waals surface area contributed by atoms with Crippen molar-refractivity contribution in [3.8, 4) is 5.75 Å². The summed E-state index contributed by atoms with van der Waals surface area (Å²) in [6.45, 7) is 5.86. The van der Waals surface area contributed by atoms with Crippen LogP contribution in [0.5, 0.6) is 5.75 Å². The van der Waals surface area contributed by atoms with Gasteiger partial charge in [0.25, 0.3) is 11.7 Å². The van der Waals surface area contributed by atoms with Crippen LogP contribution in [-0.4, -0.2) is 34.8 Å². The number of aliphatic hydroxyl groups excluding tert-OH is 1. The summed E-state index contributed by atoms with van der Waals surface area (Å²) in [5, 5.41) is 11.4. The fraction of sp³-hybridized carbons (Fsp3) is 0.407. The maximum absolute atomic E-state index is 13.3. The lowest BCUT2D eigenvalue weighted by molar-refractivity contribution is -0.141. The first-order valence-electron chi connectivity index (χ1n) is 11.4. The molecule has 1 aliphatic heterocycles. The molecule has 1 aliphatic carbocycles. The van der Waals surface area contributed by atoms with Gasteiger partial charge in [-0.2, -0.15) is 0 Å². The summed E-state index contributed by atoms with van der Waals surface area (Å²) in [7, 11) is 1.61. The number of benzene rings is 2. The maximum Gasteiger partial charge on any atom is 0.295 e. The van der Waals surface area contributed by atoms with Gasteiger partial charge in [0, 0.05) is 11.6 Å². The van der Waals surface area contributed by atoms with Gasteiger partial charge in [-0.3, -0.25) is 9.59 Å². The number of hydrogen-bond donors (Lipinski definition) is 1. The van der Waals surface area contributed by atoms with Crippen molar-refractivity contribution in [3.63, 3.8) is 0 Å². The number of carbonyl (C=O) groups excluding carboxylic acids is 2. The van der Waals surface area contributed by atoms with Gasteiger partial charge in [-0.15, -0.1) is 0 Å². The number of hydrogen-bond acceptors (Lipinski definition) is 4. The van der Waals surface area contributed by atoms with Gasteiger partial charge in [0.2, 0.25) is 0 Å². The second kappa shape index (κ2) is 8.81. The zero-order valence-corrected chi connectivity index (χ0v) is 19.3. The van der Waals surface area contributed by atoms with Gasteiger partial charge in [0.15, 0.2) is 0 Å². The summed E-state index contributed by atoms with van der Waals surface area (Å²) in [6, 6.07) is 11.1. The summed E-state index contributed by atoms with van der Waals surface area (Å²) in [5.41, 5.74) is 4.43. The topological polar surface area (TPSA) is 66.8 Å². The second-order valence-corrected chi connectivity index (χ2v) is 8.88. The van der Waals surface area contributed by atoms with E-state index in [0.29, 0.717) is 5.56 Å². The van der Waals surface area contributed by atoms with Gasteiger partial charge in [0.1, 0.15) is 11.5 Å². The number of methoxy groups -OCH3 is 1. The molecule has 0 radical (unpaired) electrons. The molecule has 2 fully saturated rings. The predicted octanol–water partition coefficient (Wildman–Crippen LogP) is 5.24. The Labute approximate surface area is 189 Å². The molecule has 2 aromatic carbocycles. The smallest absolute Gasteiger partial charge is 0.295 e. The quantitative estimate of drug-likeness (QED) is 0.398. The highest BCUT2D eigenvalue weighted by atomic mass is 16.5. The highest BCUT2D eigenvalue weighted by Gasteiger charge is 2.49. The molecular formula is C27H31NO4. The van der Waals surface area contributed by atoms with Crippen molar-refractivity contribution in [1.82, 2.24) is 4.90 Å². The lowest BCUT2D eigenvalue weighted by Gasteiger charge is -2.31. The Bertz CT molecular complexity index is 1080. The molecule has 4 rings (SSSR count). The van der Waals surface area contributed by atoms with E-state index < -0.39 is 17.7 Å². The Balaban J connectivity index is 1.90. The molecule has 2 aromatic rings. The number of ketones is 1. The average Bonchev–Trinajstić information content (AvgIpc) is 3.41. The summed E-state index contributed by atoms with van der Waals surface area (Å²) >= 11 is 0. The third-order valence-electron chi connectivity index (χ3n) is 6.90. The van der Waals surface area contributed by atoms with Crippen LogP contribution in [0.25, 0.3) is 5.76 Å². The van der Waals surface area contributed by atoms with Crippen molar-refractivity contribution in [1.29, 1.82) is 0 Å². The second-order valence-electron chi connectivity index (χ2n) is 8.88. The largest absolute Gasteiger partial charge is 0.507 e. The van der Waals surface area contributed by atoms with E-state index in [0.717, 1.165) is 54.5 Å². The maximum atomic E-state index is 13.3. The standard InChI is InChI=1S/C27H31NO4/c1-5-18-10-12-19(13-11-18)24-23(26(30)27(31)28(24)20-8-6-7-9-20)25(29)21-14-17(3)22(32-4)15-16(21)2/h10-15,20,24,29H,5-9H2,1-4H3/b25-23+. The van der Waals surface area contributed by atoms with Gasteiger partial charge in [-0.05, 0) is 67.5 Å². The minimum Gasteiger partial charge on any atom is -0.507 e. The number of aryl methyl sites for hydroxylation is 3. The van der Waals surface area contributed by atoms with Gasteiger partial charge in [-0.1, -0.05) is 44.0 Å². The Morgan fingerprint density at radius 2 is 1.72 bits per heavy atom. The van der Waals surface area contributed by atoms with Gasteiger partial charge in [0.05, 0.1) is 18.7 Å². The molecule has 1 amide bonds. The molecule has 2 aliphatic rings. The highest BCUT2D eigenvalue weighted by Crippen LogP contribution is 2.44. The molecule has 1 atom stereocenters. The minimum absolute atomic E-state index is 0.0197. The Kier molecular flexibility index (Phi) is 6.09. The molecule has 5 heteroatoms. The zero-order valence-electron chi connectivity index (χ0n) is 19.3. The van der Waals surface area contributed by atoms with Crippen LogP contribution in [0.1, 0.15) is 66.5 Å². The molecule has 1 saturated carbocycles. The molecular weight excluding hydrogens is 402 g/mol. The summed E-state index contributed by atoms with van der Waals surface area (Å²) in [4.78, 5) is 28.2. The number of nitrogens with zero attached hydrogens (tertiary/aromatic N) is 1. The summed E-state index contributed by atoms with van der Waals surface area (Å²) < 4.78 is 5.39. The Hall–Kier alpha value is -3.08. The average molecular weight is 434 g/mol. The van der Waals surface area contributed by atoms with Crippen LogP contribution in [0, 0.1) is 13.8 Å². The zero-order chi connectivity index (χ0) is 23.0. The number of Topliss-reactive ketones (excluding diaryl/α,β-unsaturated/α-hetero) is 1. The fourth-order valence-corrected chi connectivity index (χ4v) is 5.08. The molecule has 1 saturated heterocycles. The third-order valence-corrected chi connectivity index (χ3v) is 6.90. The molecule has 0 spiro atoms. The van der Waals surface area contributed by atoms with Crippen LogP contribution >= 0.6 is 0 Å². The van der Waals surface area contributed by atoms with Crippen LogP contribution in [0.2, 0.25) is 0 Å². The van der Waals surface area contributed by atoms with Crippen LogP contribution in [0.4, 0.5) is 0 Å². The van der Waals surface area contributed by atoms with E-state index in [1.807, 2.05) is 50.2 Å². The van der Waals surface area contributed by atoms with Crippen LogP contribution in [-0.2, 0) is 16.0 Å². The van der Waals surface area contributed by atoms with Crippen molar-refractivity contribution < 1.29 is 19.4 Å². The summed E-state index contributed by atoms with van der Waals surface area (Å²) in [6.07, 6.45) is 4.78. The van der Waals surface area contributed by atoms with Crippen LogP contribution in [0.15, 0.2) is 42.0 Å². The van der Waals surface area contributed by atoms with Crippen LogP contribution < -0.4 is 4.74 Å². The van der Waals surface area contributed by atoms with E-state index in [9.17, 15) is 14.7 Å². The van der Waals surface area contributed by atoms with Crippen molar-refractivity contribution in [2.75, 3.05) is 7.11 Å². The number of aliphatic hydroxyl groups is 1. The first kappa shape index (κ1) is 22.1. The lowest BCUT2D eigenvalue weighted by atomic mass is 9.92. The van der Waals surface area contributed by atoms with Crippen LogP contribution in [0.3, 0.4) is 0 Å². The molecule has 32 heavy (non-hydrogen) atoms. The van der Waals surface area contributed by atoms with E-state index >= 15 is 0 Å². The monoisotopic (exact) mass is 433 g/mol. The van der Waals surface area contributed by atoms with E-state index in [1.165, 1.54) is 5.56 Å². The first-order valence-corrected chi connectivity index (χ1v) is 11.4. The van der Waals surface area contributed by atoms with E-state index in [4.69, 9.17) is 4.74 Å². The Morgan fingerprint density at radius 1 is 1.06 bits per heavy atom. The van der Waals surface area contributed by atoms with Crippen molar-refractivity contribution >= 4 is 17.4 Å².